The molecule has 2 aromatic rings. The molecular formula is C18H22N4O2S. The summed E-state index contributed by atoms with van der Waals surface area (Å²) in [7, 11) is 0. The zero-order chi connectivity index (χ0) is 17.5. The molecule has 132 valence electrons. The molecule has 0 aliphatic carbocycles. The zero-order valence-corrected chi connectivity index (χ0v) is 15.1. The number of aryl methyl sites for hydroxylation is 1. The van der Waals surface area contributed by atoms with Crippen molar-refractivity contribution < 1.29 is 9.53 Å². The first-order valence-corrected chi connectivity index (χ1v) is 9.12. The van der Waals surface area contributed by atoms with Crippen molar-refractivity contribution in [3.8, 4) is 0 Å². The maximum absolute atomic E-state index is 12.2. The fourth-order valence-corrected chi connectivity index (χ4v) is 3.33. The molecule has 25 heavy (non-hydrogen) atoms. The normalized spacial score (nSPS) is 15.1. The Balaban J connectivity index is 1.37. The molecule has 1 aromatic heterocycles. The average molecular weight is 358 g/mol. The van der Waals surface area contributed by atoms with Crippen LogP contribution in [0.4, 0.5) is 5.13 Å². The lowest BCUT2D eigenvalue weighted by Gasteiger charge is -2.33. The summed E-state index contributed by atoms with van der Waals surface area (Å²) in [6, 6.07) is 10.00. The van der Waals surface area contributed by atoms with Crippen LogP contribution in [0.1, 0.15) is 11.4 Å². The lowest BCUT2D eigenvalue weighted by atomic mass is 10.2. The van der Waals surface area contributed by atoms with Crippen LogP contribution in [0.2, 0.25) is 0 Å². The number of hydrogen-bond donors (Lipinski definition) is 0. The van der Waals surface area contributed by atoms with Gasteiger partial charge in [0.2, 0.25) is 11.0 Å². The maximum atomic E-state index is 12.2. The van der Waals surface area contributed by atoms with E-state index < -0.39 is 0 Å². The predicted octanol–water partition coefficient (Wildman–Crippen LogP) is 2.27. The zero-order valence-electron chi connectivity index (χ0n) is 14.3. The molecule has 7 heteroatoms. The molecule has 1 aliphatic rings. The van der Waals surface area contributed by atoms with Crippen LogP contribution in [-0.4, -0.2) is 53.0 Å². The van der Waals surface area contributed by atoms with Crippen molar-refractivity contribution in [2.45, 2.75) is 13.5 Å². The maximum Gasteiger partial charge on any atom is 0.246 e. The topological polar surface area (TPSA) is 58.6 Å². The number of benzene rings is 1. The Morgan fingerprint density at radius 2 is 2.00 bits per heavy atom. The van der Waals surface area contributed by atoms with Crippen LogP contribution in [0.5, 0.6) is 0 Å². The molecule has 1 aromatic carbocycles. The molecule has 0 saturated carbocycles. The first-order chi connectivity index (χ1) is 12.2. The second-order valence-electron chi connectivity index (χ2n) is 5.84. The number of piperazine rings is 1. The van der Waals surface area contributed by atoms with E-state index >= 15 is 0 Å². The molecule has 2 heterocycles. The third-order valence-corrected chi connectivity index (χ3v) is 4.83. The summed E-state index contributed by atoms with van der Waals surface area (Å²) in [5.41, 5.74) is 1.13. The number of amides is 1. The molecule has 6 nitrogen and oxygen atoms in total. The highest BCUT2D eigenvalue weighted by Gasteiger charge is 2.21. The Hall–Kier alpha value is -2.25. The minimum absolute atomic E-state index is 0.0383. The minimum atomic E-state index is 0.0383. The van der Waals surface area contributed by atoms with Gasteiger partial charge < -0.3 is 14.5 Å². The van der Waals surface area contributed by atoms with Gasteiger partial charge in [-0.25, -0.2) is 4.98 Å². The number of hydrogen-bond acceptors (Lipinski definition) is 6. The molecular weight excluding hydrogens is 336 g/mol. The highest BCUT2D eigenvalue weighted by atomic mass is 32.1. The fourth-order valence-electron chi connectivity index (χ4n) is 2.61. The highest BCUT2D eigenvalue weighted by molar-refractivity contribution is 7.09. The van der Waals surface area contributed by atoms with Crippen molar-refractivity contribution in [2.75, 3.05) is 37.7 Å². The molecule has 1 saturated heterocycles. The predicted molar refractivity (Wildman–Crippen MR) is 98.7 cm³/mol. The number of carbonyl (C=O) groups is 1. The SMILES string of the molecule is Cc1nsc(N2CCN(C(=O)/C=C/COCc3ccccc3)CC2)n1. The summed E-state index contributed by atoms with van der Waals surface area (Å²) in [6.07, 6.45) is 3.39. The molecule has 3 rings (SSSR count). The summed E-state index contributed by atoms with van der Waals surface area (Å²) < 4.78 is 9.76. The average Bonchev–Trinajstić information content (AvgIpc) is 3.09. The van der Waals surface area contributed by atoms with Gasteiger partial charge in [0.05, 0.1) is 13.2 Å². The summed E-state index contributed by atoms with van der Waals surface area (Å²) in [5.74, 6) is 0.841. The quantitative estimate of drug-likeness (QED) is 0.586. The molecule has 0 radical (unpaired) electrons. The van der Waals surface area contributed by atoms with E-state index in [4.69, 9.17) is 4.74 Å². The largest absolute Gasteiger partial charge is 0.373 e. The minimum Gasteiger partial charge on any atom is -0.373 e. The van der Waals surface area contributed by atoms with E-state index in [0.717, 1.165) is 29.6 Å². The second kappa shape index (κ2) is 8.73. The van der Waals surface area contributed by atoms with E-state index in [9.17, 15) is 4.79 Å². The van der Waals surface area contributed by atoms with Gasteiger partial charge >= 0.3 is 0 Å². The van der Waals surface area contributed by atoms with Crippen molar-refractivity contribution in [1.82, 2.24) is 14.3 Å². The van der Waals surface area contributed by atoms with Crippen LogP contribution in [0.3, 0.4) is 0 Å². The summed E-state index contributed by atoms with van der Waals surface area (Å²) >= 11 is 1.41. The smallest absolute Gasteiger partial charge is 0.246 e. The molecule has 1 fully saturated rings. The van der Waals surface area contributed by atoms with Gasteiger partial charge in [0.15, 0.2) is 0 Å². The highest BCUT2D eigenvalue weighted by Crippen LogP contribution is 2.18. The number of aromatic nitrogens is 2. The Labute approximate surface area is 151 Å². The van der Waals surface area contributed by atoms with E-state index in [1.165, 1.54) is 11.5 Å². The number of anilines is 1. The van der Waals surface area contributed by atoms with Crippen LogP contribution >= 0.6 is 11.5 Å². The molecule has 0 bridgehead atoms. The van der Waals surface area contributed by atoms with E-state index in [1.807, 2.05) is 42.2 Å². The number of carbonyl (C=O) groups excluding carboxylic acids is 1. The first kappa shape index (κ1) is 17.6. The molecule has 0 spiro atoms. The van der Waals surface area contributed by atoms with Crippen molar-refractivity contribution in [3.63, 3.8) is 0 Å². The van der Waals surface area contributed by atoms with Crippen molar-refractivity contribution in [2.24, 2.45) is 0 Å². The number of rotatable bonds is 6. The summed E-state index contributed by atoms with van der Waals surface area (Å²) in [5, 5.41) is 0.939. The van der Waals surface area contributed by atoms with E-state index in [-0.39, 0.29) is 5.91 Å². The third-order valence-electron chi connectivity index (χ3n) is 3.96. The first-order valence-electron chi connectivity index (χ1n) is 8.35. The monoisotopic (exact) mass is 358 g/mol. The molecule has 0 unspecified atom stereocenters. The molecule has 1 amide bonds. The van der Waals surface area contributed by atoms with Gasteiger partial charge in [-0.1, -0.05) is 36.4 Å². The van der Waals surface area contributed by atoms with Crippen LogP contribution in [-0.2, 0) is 16.1 Å². The van der Waals surface area contributed by atoms with Gasteiger partial charge in [-0.15, -0.1) is 0 Å². The van der Waals surface area contributed by atoms with Crippen LogP contribution in [0.15, 0.2) is 42.5 Å². The number of ether oxygens (including phenoxy) is 1. The van der Waals surface area contributed by atoms with Gasteiger partial charge in [0.1, 0.15) is 5.82 Å². The molecule has 0 N–H and O–H groups in total. The van der Waals surface area contributed by atoms with Crippen molar-refractivity contribution in [1.29, 1.82) is 0 Å². The summed E-state index contributed by atoms with van der Waals surface area (Å²) in [4.78, 5) is 20.7. The van der Waals surface area contributed by atoms with E-state index in [2.05, 4.69) is 14.3 Å². The lowest BCUT2D eigenvalue weighted by molar-refractivity contribution is -0.126. The Morgan fingerprint density at radius 3 is 2.68 bits per heavy atom. The van der Waals surface area contributed by atoms with E-state index in [0.29, 0.717) is 26.3 Å². The standard InChI is InChI=1S/C18H22N4O2S/c1-15-19-18(25-20-15)22-11-9-21(10-12-22)17(23)8-5-13-24-14-16-6-3-2-4-7-16/h2-8H,9-14H2,1H3/b8-5+. The lowest BCUT2D eigenvalue weighted by Crippen LogP contribution is -2.48. The van der Waals surface area contributed by atoms with Crippen LogP contribution < -0.4 is 4.90 Å². The van der Waals surface area contributed by atoms with Gasteiger partial charge in [0.25, 0.3) is 0 Å². The second-order valence-corrected chi connectivity index (χ2v) is 6.57. The Morgan fingerprint density at radius 1 is 1.24 bits per heavy atom. The molecule has 0 atom stereocenters. The van der Waals surface area contributed by atoms with Crippen molar-refractivity contribution >= 4 is 22.6 Å². The van der Waals surface area contributed by atoms with Gasteiger partial charge in [-0.2, -0.15) is 4.37 Å². The van der Waals surface area contributed by atoms with E-state index in [1.54, 1.807) is 12.2 Å². The summed E-state index contributed by atoms with van der Waals surface area (Å²) in [6.45, 7) is 5.87. The van der Waals surface area contributed by atoms with Gasteiger partial charge in [-0.05, 0) is 12.5 Å². The molecule has 1 aliphatic heterocycles. The Kier molecular flexibility index (Phi) is 6.14. The van der Waals surface area contributed by atoms with Crippen molar-refractivity contribution in [3.05, 3.63) is 53.9 Å². The van der Waals surface area contributed by atoms with Gasteiger partial charge in [-0.3, -0.25) is 4.79 Å². The van der Waals surface area contributed by atoms with Crippen LogP contribution in [0, 0.1) is 6.92 Å². The van der Waals surface area contributed by atoms with Gasteiger partial charge in [0, 0.05) is 43.8 Å². The third kappa shape index (κ3) is 5.11. The number of nitrogens with zero attached hydrogens (tertiary/aromatic N) is 4. The van der Waals surface area contributed by atoms with Crippen LogP contribution in [0.25, 0.3) is 0 Å². The fraction of sp³-hybridized carbons (Fsp3) is 0.389. The Bertz CT molecular complexity index is 709.